The number of benzene rings is 2. The van der Waals surface area contributed by atoms with E-state index < -0.39 is 0 Å². The van der Waals surface area contributed by atoms with Gasteiger partial charge >= 0.3 is 0 Å². The Balaban J connectivity index is 1.45. The number of halogens is 1. The van der Waals surface area contributed by atoms with Crippen molar-refractivity contribution in [2.75, 3.05) is 22.9 Å². The summed E-state index contributed by atoms with van der Waals surface area (Å²) in [5.41, 5.74) is 9.08. The zero-order valence-electron chi connectivity index (χ0n) is 23.6. The van der Waals surface area contributed by atoms with Crippen LogP contribution in [0.3, 0.4) is 0 Å². The number of thiocarbonyl (C=S) groups is 1. The van der Waals surface area contributed by atoms with Crippen molar-refractivity contribution in [3.05, 3.63) is 106 Å². The van der Waals surface area contributed by atoms with Crippen molar-refractivity contribution < 1.29 is 0 Å². The highest BCUT2D eigenvalue weighted by molar-refractivity contribution is 7.80. The van der Waals surface area contributed by atoms with E-state index in [2.05, 4.69) is 102 Å². The Morgan fingerprint density at radius 2 is 1.68 bits per heavy atom. The van der Waals surface area contributed by atoms with Crippen molar-refractivity contribution in [3.63, 3.8) is 0 Å². The molecule has 1 N–H and O–H groups in total. The highest BCUT2D eigenvalue weighted by Gasteiger charge is 2.42. The van der Waals surface area contributed by atoms with Gasteiger partial charge in [0.15, 0.2) is 5.11 Å². The van der Waals surface area contributed by atoms with Crippen LogP contribution in [0.4, 0.5) is 11.4 Å². The number of anilines is 2. The first-order valence-corrected chi connectivity index (χ1v) is 14.9. The third-order valence-electron chi connectivity index (χ3n) is 8.58. The summed E-state index contributed by atoms with van der Waals surface area (Å²) in [6.45, 7) is 11.0. The van der Waals surface area contributed by atoms with Crippen LogP contribution in [0.15, 0.2) is 72.9 Å². The highest BCUT2D eigenvalue weighted by atomic mass is 35.5. The fourth-order valence-corrected chi connectivity index (χ4v) is 7.01. The molecule has 40 heavy (non-hydrogen) atoms. The number of para-hydroxylation sites is 1. The number of aromatic nitrogens is 2. The molecule has 6 rings (SSSR count). The largest absolute Gasteiger partial charge is 0.370 e. The molecule has 4 heterocycles. The maximum absolute atomic E-state index is 6.98. The van der Waals surface area contributed by atoms with E-state index in [1.54, 1.807) is 0 Å². The van der Waals surface area contributed by atoms with Gasteiger partial charge in [-0.1, -0.05) is 42.8 Å². The van der Waals surface area contributed by atoms with E-state index >= 15 is 0 Å². The number of aryl methyl sites for hydroxylation is 2. The van der Waals surface area contributed by atoms with E-state index in [0.29, 0.717) is 5.11 Å². The lowest BCUT2D eigenvalue weighted by atomic mass is 9.96. The van der Waals surface area contributed by atoms with E-state index in [1.165, 1.54) is 41.0 Å². The summed E-state index contributed by atoms with van der Waals surface area (Å²) in [5, 5.41) is 5.05. The molecule has 7 heteroatoms. The summed E-state index contributed by atoms with van der Waals surface area (Å²) in [6, 6.07) is 23.1. The molecule has 2 atom stereocenters. The normalized spacial score (nSPS) is 19.8. The first kappa shape index (κ1) is 26.9. The van der Waals surface area contributed by atoms with Crippen molar-refractivity contribution in [1.29, 1.82) is 0 Å². The van der Waals surface area contributed by atoms with E-state index in [0.717, 1.165) is 41.1 Å². The van der Waals surface area contributed by atoms with Gasteiger partial charge in [0.25, 0.3) is 0 Å². The second-order valence-corrected chi connectivity index (χ2v) is 12.0. The zero-order valence-corrected chi connectivity index (χ0v) is 25.1. The van der Waals surface area contributed by atoms with Crippen LogP contribution >= 0.6 is 23.8 Å². The minimum atomic E-state index is -0.110. The molecule has 5 nitrogen and oxygen atoms in total. The Bertz CT molecular complexity index is 1540. The van der Waals surface area contributed by atoms with Gasteiger partial charge in [-0.2, -0.15) is 0 Å². The van der Waals surface area contributed by atoms with E-state index in [-0.39, 0.29) is 12.1 Å². The molecule has 2 saturated heterocycles. The lowest BCUT2D eigenvalue weighted by molar-refractivity contribution is 0.438. The van der Waals surface area contributed by atoms with E-state index in [1.807, 2.05) is 18.3 Å². The quantitative estimate of drug-likeness (QED) is 0.247. The van der Waals surface area contributed by atoms with Crippen LogP contribution < -0.4 is 15.1 Å². The molecule has 0 unspecified atom stereocenters. The number of hydrogen-bond donors (Lipinski definition) is 1. The maximum atomic E-state index is 6.98. The monoisotopic (exact) mass is 569 g/mol. The lowest BCUT2D eigenvalue weighted by Gasteiger charge is -2.33. The Kier molecular flexibility index (Phi) is 7.32. The Labute approximate surface area is 247 Å². The molecule has 2 aromatic carbocycles. The van der Waals surface area contributed by atoms with Gasteiger partial charge in [-0.3, -0.25) is 4.98 Å². The predicted molar refractivity (Wildman–Crippen MR) is 170 cm³/mol. The second kappa shape index (κ2) is 10.9. The summed E-state index contributed by atoms with van der Waals surface area (Å²) >= 11 is 13.0. The van der Waals surface area contributed by atoms with Crippen molar-refractivity contribution >= 4 is 40.3 Å². The summed E-state index contributed by atoms with van der Waals surface area (Å²) < 4.78 is 2.35. The number of rotatable bonds is 5. The van der Waals surface area contributed by atoms with Crippen molar-refractivity contribution in [3.8, 4) is 5.69 Å². The van der Waals surface area contributed by atoms with E-state index in [4.69, 9.17) is 28.8 Å². The Morgan fingerprint density at radius 1 is 0.925 bits per heavy atom. The van der Waals surface area contributed by atoms with Gasteiger partial charge in [-0.25, -0.2) is 0 Å². The molecule has 2 aromatic heterocycles. The lowest BCUT2D eigenvalue weighted by Crippen LogP contribution is -2.33. The van der Waals surface area contributed by atoms with Gasteiger partial charge in [0.05, 0.1) is 28.5 Å². The summed E-state index contributed by atoms with van der Waals surface area (Å²) in [5.74, 6) is 0.769. The minimum absolute atomic E-state index is 0.0934. The second-order valence-electron chi connectivity index (χ2n) is 11.3. The number of nitrogens with one attached hydrogen (secondary N) is 1. The smallest absolute Gasteiger partial charge is 0.174 e. The SMILES string of the molecule is Cc1ccccc1-n1c(C)cc([C@@H]2[C@@H](c3ccccn3)NC(=S)N2c2ccc(N3CCC(C)CC3)c(Cl)c2)c1C. The molecule has 0 amide bonds. The zero-order chi connectivity index (χ0) is 28.0. The van der Waals surface area contributed by atoms with Crippen LogP contribution in [0.5, 0.6) is 0 Å². The summed E-state index contributed by atoms with van der Waals surface area (Å²) in [7, 11) is 0. The van der Waals surface area contributed by atoms with Gasteiger partial charge in [-0.05, 0) is 105 Å². The van der Waals surface area contributed by atoms with E-state index in [9.17, 15) is 0 Å². The van der Waals surface area contributed by atoms with Gasteiger partial charge in [-0.15, -0.1) is 0 Å². The van der Waals surface area contributed by atoms with Crippen LogP contribution in [0.1, 0.15) is 60.1 Å². The molecule has 4 aromatic rings. The van der Waals surface area contributed by atoms with Crippen molar-refractivity contribution in [1.82, 2.24) is 14.9 Å². The highest BCUT2D eigenvalue weighted by Crippen LogP contribution is 2.45. The van der Waals surface area contributed by atoms with Crippen LogP contribution in [-0.4, -0.2) is 27.8 Å². The molecule has 2 fully saturated rings. The number of hydrogen-bond acceptors (Lipinski definition) is 3. The molecular weight excluding hydrogens is 534 g/mol. The predicted octanol–water partition coefficient (Wildman–Crippen LogP) is 7.86. The average molecular weight is 570 g/mol. The molecule has 0 radical (unpaired) electrons. The molecular formula is C33H36ClN5S. The molecule has 2 aliphatic rings. The standard InChI is InChI=1S/C33H36ClN5S/c1-21-14-17-37(18-15-21)30-13-12-25(20-27(30)34)39-32(31(36-33(39)40)28-10-7-8-16-35-28)26-19-23(3)38(24(26)4)29-11-6-5-9-22(29)2/h5-13,16,19-21,31-32H,14-15,17-18H2,1-4H3,(H,36,40)/t31-,32-/m1/s1. The first-order valence-electron chi connectivity index (χ1n) is 14.1. The van der Waals surface area contributed by atoms with Gasteiger partial charge in [0.2, 0.25) is 0 Å². The number of piperidine rings is 1. The van der Waals surface area contributed by atoms with Crippen molar-refractivity contribution in [2.24, 2.45) is 5.92 Å². The first-order chi connectivity index (χ1) is 19.3. The number of pyridine rings is 1. The average Bonchev–Trinajstić information content (AvgIpc) is 3.45. The van der Waals surface area contributed by atoms with Crippen molar-refractivity contribution in [2.45, 2.75) is 52.6 Å². The molecule has 0 aliphatic carbocycles. The van der Waals surface area contributed by atoms with Crippen LogP contribution in [0, 0.1) is 26.7 Å². The maximum Gasteiger partial charge on any atom is 0.174 e. The molecule has 0 bridgehead atoms. The minimum Gasteiger partial charge on any atom is -0.370 e. The number of nitrogens with zero attached hydrogens (tertiary/aromatic N) is 4. The van der Waals surface area contributed by atoms with Gasteiger partial charge in [0.1, 0.15) is 0 Å². The summed E-state index contributed by atoms with van der Waals surface area (Å²) in [6.07, 6.45) is 4.24. The Hall–Kier alpha value is -3.35. The molecule has 0 saturated carbocycles. The molecule has 206 valence electrons. The topological polar surface area (TPSA) is 36.3 Å². The fraction of sp³-hybridized carbons (Fsp3) is 0.333. The third kappa shape index (κ3) is 4.77. The fourth-order valence-electron chi connectivity index (χ4n) is 6.37. The molecule has 0 spiro atoms. The van der Waals surface area contributed by atoms with Gasteiger partial charge in [0, 0.05) is 42.0 Å². The van der Waals surface area contributed by atoms with Gasteiger partial charge < -0.3 is 19.7 Å². The van der Waals surface area contributed by atoms with Crippen LogP contribution in [-0.2, 0) is 0 Å². The summed E-state index contributed by atoms with van der Waals surface area (Å²) in [4.78, 5) is 9.38. The van der Waals surface area contributed by atoms with Crippen LogP contribution in [0.25, 0.3) is 5.69 Å². The third-order valence-corrected chi connectivity index (χ3v) is 9.19. The molecule has 2 aliphatic heterocycles. The Morgan fingerprint density at radius 3 is 2.38 bits per heavy atom. The van der Waals surface area contributed by atoms with Crippen LogP contribution in [0.2, 0.25) is 5.02 Å².